The largest absolute Gasteiger partial charge is 0.492 e. The molecule has 0 aliphatic rings. The molecular weight excluding hydrogens is 410 g/mol. The van der Waals surface area contributed by atoms with Crippen molar-refractivity contribution in [3.05, 3.63) is 106 Å². The Balaban J connectivity index is 1.50. The molecule has 0 saturated heterocycles. The smallest absolute Gasteiger partial charge is 0.342 e. The lowest BCUT2D eigenvalue weighted by atomic mass is 10.1. The Bertz CT molecular complexity index is 1010. The average Bonchev–Trinajstić information content (AvgIpc) is 2.83. The number of unbranched alkanes of at least 4 members (excludes halogenated alkanes) is 1. The van der Waals surface area contributed by atoms with E-state index in [9.17, 15) is 14.9 Å². The molecular formula is C25H25NO6. The van der Waals surface area contributed by atoms with Gasteiger partial charge in [-0.25, -0.2) is 4.79 Å². The standard InChI is InChI=1S/C25H25NO6/c27-25(32-19-21-11-5-2-6-12-21)23-14-13-22(26(28)29)17-24(23)31-16-8-7-15-30-18-20-9-3-1-4-10-20/h1-6,9-14,17H,7-8,15-16,18-19H2. The van der Waals surface area contributed by atoms with Gasteiger partial charge in [0.2, 0.25) is 0 Å². The molecule has 0 fully saturated rings. The topological polar surface area (TPSA) is 87.9 Å². The van der Waals surface area contributed by atoms with Gasteiger partial charge in [0.15, 0.2) is 0 Å². The third-order valence-corrected chi connectivity index (χ3v) is 4.66. The highest BCUT2D eigenvalue weighted by atomic mass is 16.6. The minimum atomic E-state index is -0.593. The SMILES string of the molecule is O=C(OCc1ccccc1)c1ccc([N+](=O)[O-])cc1OCCCCOCc1ccccc1. The van der Waals surface area contributed by atoms with Crippen LogP contribution in [0.3, 0.4) is 0 Å². The van der Waals surface area contributed by atoms with Crippen LogP contribution in [0.4, 0.5) is 5.69 Å². The van der Waals surface area contributed by atoms with Crippen LogP contribution in [-0.4, -0.2) is 24.1 Å². The van der Waals surface area contributed by atoms with Crippen molar-refractivity contribution in [1.82, 2.24) is 0 Å². The second-order valence-electron chi connectivity index (χ2n) is 7.09. The third-order valence-electron chi connectivity index (χ3n) is 4.66. The van der Waals surface area contributed by atoms with E-state index in [0.29, 0.717) is 26.2 Å². The summed E-state index contributed by atoms with van der Waals surface area (Å²) in [5.41, 5.74) is 1.97. The van der Waals surface area contributed by atoms with Crippen molar-refractivity contribution in [1.29, 1.82) is 0 Å². The van der Waals surface area contributed by atoms with Crippen molar-refractivity contribution in [2.75, 3.05) is 13.2 Å². The van der Waals surface area contributed by atoms with Crippen LogP contribution in [0, 0.1) is 10.1 Å². The summed E-state index contributed by atoms with van der Waals surface area (Å²) in [6, 6.07) is 23.1. The van der Waals surface area contributed by atoms with Crippen molar-refractivity contribution in [3.63, 3.8) is 0 Å². The summed E-state index contributed by atoms with van der Waals surface area (Å²) in [6.45, 7) is 1.52. The van der Waals surface area contributed by atoms with Crippen molar-refractivity contribution in [3.8, 4) is 5.75 Å². The second-order valence-corrected chi connectivity index (χ2v) is 7.09. The summed E-state index contributed by atoms with van der Waals surface area (Å²) in [4.78, 5) is 23.1. The fourth-order valence-electron chi connectivity index (χ4n) is 2.97. The summed E-state index contributed by atoms with van der Waals surface area (Å²) in [5.74, 6) is -0.451. The molecule has 0 bridgehead atoms. The summed E-state index contributed by atoms with van der Waals surface area (Å²) < 4.78 is 16.7. The van der Waals surface area contributed by atoms with E-state index in [1.807, 2.05) is 60.7 Å². The summed E-state index contributed by atoms with van der Waals surface area (Å²) >= 11 is 0. The molecule has 7 heteroatoms. The van der Waals surface area contributed by atoms with Crippen LogP contribution >= 0.6 is 0 Å². The number of hydrogen-bond acceptors (Lipinski definition) is 6. The van der Waals surface area contributed by atoms with Gasteiger partial charge in [-0.05, 0) is 30.0 Å². The lowest BCUT2D eigenvalue weighted by Crippen LogP contribution is -2.10. The van der Waals surface area contributed by atoms with Gasteiger partial charge in [0.05, 0.1) is 24.2 Å². The van der Waals surface area contributed by atoms with Crippen molar-refractivity contribution >= 4 is 11.7 Å². The number of carbonyl (C=O) groups excluding carboxylic acids is 1. The lowest BCUT2D eigenvalue weighted by molar-refractivity contribution is -0.384. The van der Waals surface area contributed by atoms with Crippen LogP contribution in [0.2, 0.25) is 0 Å². The molecule has 0 saturated carbocycles. The lowest BCUT2D eigenvalue weighted by Gasteiger charge is -2.12. The van der Waals surface area contributed by atoms with Gasteiger partial charge < -0.3 is 14.2 Å². The molecule has 0 unspecified atom stereocenters. The summed E-state index contributed by atoms with van der Waals surface area (Å²) in [6.07, 6.45) is 1.44. The van der Waals surface area contributed by atoms with E-state index in [1.165, 1.54) is 18.2 Å². The van der Waals surface area contributed by atoms with E-state index in [2.05, 4.69) is 0 Å². The molecule has 3 rings (SSSR count). The van der Waals surface area contributed by atoms with Gasteiger partial charge in [0, 0.05) is 12.7 Å². The van der Waals surface area contributed by atoms with Crippen molar-refractivity contribution in [2.45, 2.75) is 26.1 Å². The molecule has 0 aliphatic heterocycles. The maximum Gasteiger partial charge on any atom is 0.342 e. The van der Waals surface area contributed by atoms with Crippen molar-refractivity contribution < 1.29 is 23.9 Å². The zero-order chi connectivity index (χ0) is 22.6. The predicted octanol–water partition coefficient (Wildman–Crippen LogP) is 5.33. The third kappa shape index (κ3) is 7.21. The van der Waals surface area contributed by atoms with E-state index >= 15 is 0 Å². The number of ether oxygens (including phenoxy) is 3. The highest BCUT2D eigenvalue weighted by Gasteiger charge is 2.18. The van der Waals surface area contributed by atoms with Crippen molar-refractivity contribution in [2.24, 2.45) is 0 Å². The summed E-state index contributed by atoms with van der Waals surface area (Å²) in [7, 11) is 0. The molecule has 3 aromatic carbocycles. The number of esters is 1. The highest BCUT2D eigenvalue weighted by molar-refractivity contribution is 5.93. The van der Waals surface area contributed by atoms with Gasteiger partial charge in [0.1, 0.15) is 17.9 Å². The van der Waals surface area contributed by atoms with Gasteiger partial charge in [-0.2, -0.15) is 0 Å². The molecule has 0 radical (unpaired) electrons. The van der Waals surface area contributed by atoms with Gasteiger partial charge in [-0.1, -0.05) is 60.7 Å². The van der Waals surface area contributed by atoms with Crippen LogP contribution in [0.5, 0.6) is 5.75 Å². The first kappa shape index (κ1) is 23.0. The molecule has 7 nitrogen and oxygen atoms in total. The first-order valence-electron chi connectivity index (χ1n) is 10.4. The van der Waals surface area contributed by atoms with Gasteiger partial charge >= 0.3 is 5.97 Å². The fraction of sp³-hybridized carbons (Fsp3) is 0.240. The molecule has 3 aromatic rings. The predicted molar refractivity (Wildman–Crippen MR) is 119 cm³/mol. The number of nitro benzene ring substituents is 1. The van der Waals surface area contributed by atoms with Crippen LogP contribution in [0.1, 0.15) is 34.3 Å². The van der Waals surface area contributed by atoms with E-state index < -0.39 is 10.9 Å². The highest BCUT2D eigenvalue weighted by Crippen LogP contribution is 2.26. The fourth-order valence-corrected chi connectivity index (χ4v) is 2.97. The number of benzene rings is 3. The molecule has 166 valence electrons. The Morgan fingerprint density at radius 3 is 2.09 bits per heavy atom. The van der Waals surface area contributed by atoms with Gasteiger partial charge in [0.25, 0.3) is 5.69 Å². The molecule has 0 N–H and O–H groups in total. The first-order valence-corrected chi connectivity index (χ1v) is 10.4. The Morgan fingerprint density at radius 1 is 0.812 bits per heavy atom. The number of carbonyl (C=O) groups is 1. The van der Waals surface area contributed by atoms with E-state index in [4.69, 9.17) is 14.2 Å². The Hall–Kier alpha value is -3.71. The molecule has 0 atom stereocenters. The van der Waals surface area contributed by atoms with E-state index in [-0.39, 0.29) is 23.6 Å². The average molecular weight is 435 g/mol. The summed E-state index contributed by atoms with van der Waals surface area (Å²) in [5, 5.41) is 11.1. The Kier molecular flexibility index (Phi) is 8.77. The Morgan fingerprint density at radius 2 is 1.44 bits per heavy atom. The molecule has 0 aliphatic carbocycles. The van der Waals surface area contributed by atoms with E-state index in [1.54, 1.807) is 0 Å². The van der Waals surface area contributed by atoms with Crippen LogP contribution in [-0.2, 0) is 22.7 Å². The van der Waals surface area contributed by atoms with Crippen LogP contribution < -0.4 is 4.74 Å². The number of nitrogens with zero attached hydrogens (tertiary/aromatic N) is 1. The van der Waals surface area contributed by atoms with Gasteiger partial charge in [-0.3, -0.25) is 10.1 Å². The minimum absolute atomic E-state index is 0.106. The first-order chi connectivity index (χ1) is 15.6. The number of non-ortho nitro benzene ring substituents is 1. The maximum absolute atomic E-state index is 12.5. The van der Waals surface area contributed by atoms with Crippen LogP contribution in [0.25, 0.3) is 0 Å². The molecule has 0 spiro atoms. The second kappa shape index (κ2) is 12.2. The number of nitro groups is 1. The normalized spacial score (nSPS) is 10.5. The molecule has 0 amide bonds. The maximum atomic E-state index is 12.5. The molecule has 0 aromatic heterocycles. The zero-order valence-corrected chi connectivity index (χ0v) is 17.6. The molecule has 32 heavy (non-hydrogen) atoms. The van der Waals surface area contributed by atoms with Crippen LogP contribution in [0.15, 0.2) is 78.9 Å². The number of rotatable bonds is 12. The quantitative estimate of drug-likeness (QED) is 0.165. The Labute approximate surface area is 186 Å². The monoisotopic (exact) mass is 435 g/mol. The minimum Gasteiger partial charge on any atom is -0.492 e. The number of hydrogen-bond donors (Lipinski definition) is 0. The molecule has 0 heterocycles. The van der Waals surface area contributed by atoms with E-state index in [0.717, 1.165) is 17.5 Å². The zero-order valence-electron chi connectivity index (χ0n) is 17.6. The van der Waals surface area contributed by atoms with Gasteiger partial charge in [-0.15, -0.1) is 0 Å².